The molecule has 1 aromatic carbocycles. The number of nitrogens with zero attached hydrogens (tertiary/aromatic N) is 3. The Morgan fingerprint density at radius 2 is 2.00 bits per heavy atom. The molecule has 1 aliphatic heterocycles. The number of pyridine rings is 2. The fourth-order valence-electron chi connectivity index (χ4n) is 3.70. The number of amides is 1. The minimum atomic E-state index is -0.147. The lowest BCUT2D eigenvalue weighted by molar-refractivity contribution is 0.0950. The van der Waals surface area contributed by atoms with Crippen molar-refractivity contribution in [2.75, 3.05) is 18.0 Å². The highest BCUT2D eigenvalue weighted by Gasteiger charge is 2.17. The van der Waals surface area contributed by atoms with Crippen LogP contribution in [0.4, 0.5) is 5.82 Å². The number of rotatable bonds is 4. The molecule has 1 fully saturated rings. The topological polar surface area (TPSA) is 58.1 Å². The van der Waals surface area contributed by atoms with Gasteiger partial charge in [0.25, 0.3) is 5.91 Å². The predicted molar refractivity (Wildman–Crippen MR) is 118 cm³/mol. The van der Waals surface area contributed by atoms with Gasteiger partial charge in [0.1, 0.15) is 5.82 Å². The second-order valence-electron chi connectivity index (χ2n) is 7.84. The summed E-state index contributed by atoms with van der Waals surface area (Å²) in [6.45, 7) is 6.69. The summed E-state index contributed by atoms with van der Waals surface area (Å²) in [6, 6.07) is 11.4. The third-order valence-electron chi connectivity index (χ3n) is 5.58. The van der Waals surface area contributed by atoms with Gasteiger partial charge in [0.05, 0.1) is 16.8 Å². The molecule has 1 aliphatic rings. The van der Waals surface area contributed by atoms with E-state index in [1.165, 1.54) is 12.8 Å². The molecule has 150 valence electrons. The number of halogens is 1. The van der Waals surface area contributed by atoms with Crippen LogP contribution < -0.4 is 10.2 Å². The molecule has 5 nitrogen and oxygen atoms in total. The monoisotopic (exact) mass is 408 g/mol. The number of aryl methyl sites for hydroxylation is 1. The van der Waals surface area contributed by atoms with E-state index in [1.54, 1.807) is 6.07 Å². The highest BCUT2D eigenvalue weighted by Crippen LogP contribution is 2.22. The van der Waals surface area contributed by atoms with Crippen molar-refractivity contribution in [1.29, 1.82) is 0 Å². The highest BCUT2D eigenvalue weighted by atomic mass is 35.5. The molecule has 1 saturated heterocycles. The van der Waals surface area contributed by atoms with Gasteiger partial charge in [-0.15, -0.1) is 0 Å². The number of aromatic nitrogens is 2. The van der Waals surface area contributed by atoms with Crippen LogP contribution in [-0.4, -0.2) is 29.0 Å². The number of anilines is 1. The molecule has 1 amide bonds. The maximum Gasteiger partial charge on any atom is 0.253 e. The Balaban J connectivity index is 1.42. The number of hydrogen-bond acceptors (Lipinski definition) is 4. The first-order chi connectivity index (χ1) is 14.0. The minimum absolute atomic E-state index is 0.147. The molecule has 0 bridgehead atoms. The Bertz CT molecular complexity index is 1030. The van der Waals surface area contributed by atoms with Gasteiger partial charge in [-0.1, -0.05) is 24.6 Å². The van der Waals surface area contributed by atoms with Gasteiger partial charge in [-0.25, -0.2) is 4.98 Å². The van der Waals surface area contributed by atoms with E-state index in [4.69, 9.17) is 11.6 Å². The van der Waals surface area contributed by atoms with Crippen molar-refractivity contribution in [2.24, 2.45) is 5.92 Å². The quantitative estimate of drug-likeness (QED) is 0.676. The van der Waals surface area contributed by atoms with E-state index < -0.39 is 0 Å². The van der Waals surface area contributed by atoms with E-state index in [1.807, 2.05) is 43.5 Å². The van der Waals surface area contributed by atoms with Gasteiger partial charge in [-0.05, 0) is 61.6 Å². The van der Waals surface area contributed by atoms with Crippen LogP contribution in [0, 0.1) is 12.8 Å². The van der Waals surface area contributed by atoms with Crippen LogP contribution in [0.2, 0.25) is 5.02 Å². The van der Waals surface area contributed by atoms with Gasteiger partial charge in [-0.2, -0.15) is 0 Å². The van der Waals surface area contributed by atoms with E-state index in [9.17, 15) is 4.79 Å². The standard InChI is InChI=1S/C23H25ClN4O/c1-15-7-9-28(10-8-15)22-6-3-17(13-25-22)14-26-23(29)20-12-18-11-19(24)4-5-21(18)27-16(20)2/h3-6,11-13,15H,7-10,14H2,1-2H3,(H,26,29). The van der Waals surface area contributed by atoms with Crippen molar-refractivity contribution in [3.8, 4) is 0 Å². The summed E-state index contributed by atoms with van der Waals surface area (Å²) in [4.78, 5) is 24.1. The molecular weight excluding hydrogens is 384 g/mol. The molecule has 4 rings (SSSR count). The van der Waals surface area contributed by atoms with Crippen LogP contribution in [0.25, 0.3) is 10.9 Å². The van der Waals surface area contributed by atoms with Crippen LogP contribution in [0.1, 0.15) is 41.4 Å². The van der Waals surface area contributed by atoms with E-state index >= 15 is 0 Å². The molecule has 0 atom stereocenters. The van der Waals surface area contributed by atoms with Crippen LogP contribution in [-0.2, 0) is 6.54 Å². The zero-order chi connectivity index (χ0) is 20.4. The van der Waals surface area contributed by atoms with Crippen LogP contribution >= 0.6 is 11.6 Å². The predicted octanol–water partition coefficient (Wildman–Crippen LogP) is 4.76. The van der Waals surface area contributed by atoms with Crippen LogP contribution in [0.5, 0.6) is 0 Å². The van der Waals surface area contributed by atoms with Crippen molar-refractivity contribution in [3.63, 3.8) is 0 Å². The van der Waals surface area contributed by atoms with Gasteiger partial charge in [-0.3, -0.25) is 9.78 Å². The number of hydrogen-bond donors (Lipinski definition) is 1. The smallest absolute Gasteiger partial charge is 0.253 e. The largest absolute Gasteiger partial charge is 0.357 e. The molecule has 0 unspecified atom stereocenters. The number of carbonyl (C=O) groups excluding carboxylic acids is 1. The van der Waals surface area contributed by atoms with Gasteiger partial charge in [0.15, 0.2) is 0 Å². The third kappa shape index (κ3) is 4.51. The Morgan fingerprint density at radius 1 is 1.21 bits per heavy atom. The highest BCUT2D eigenvalue weighted by molar-refractivity contribution is 6.31. The molecule has 1 N–H and O–H groups in total. The SMILES string of the molecule is Cc1nc2ccc(Cl)cc2cc1C(=O)NCc1ccc(N2CCC(C)CC2)nc1. The molecule has 0 aliphatic carbocycles. The van der Waals surface area contributed by atoms with Gasteiger partial charge < -0.3 is 10.2 Å². The van der Waals surface area contributed by atoms with Gasteiger partial charge >= 0.3 is 0 Å². The molecule has 2 aromatic heterocycles. The van der Waals surface area contributed by atoms with Crippen molar-refractivity contribution in [1.82, 2.24) is 15.3 Å². The lowest BCUT2D eigenvalue weighted by Crippen LogP contribution is -2.33. The van der Waals surface area contributed by atoms with Crippen molar-refractivity contribution in [3.05, 3.63) is 64.4 Å². The van der Waals surface area contributed by atoms with E-state index in [0.29, 0.717) is 22.8 Å². The maximum absolute atomic E-state index is 12.7. The number of carbonyl (C=O) groups is 1. The second kappa shape index (κ2) is 8.37. The first-order valence-electron chi connectivity index (χ1n) is 10.0. The molecule has 29 heavy (non-hydrogen) atoms. The summed E-state index contributed by atoms with van der Waals surface area (Å²) < 4.78 is 0. The van der Waals surface area contributed by atoms with E-state index in [2.05, 4.69) is 27.1 Å². The Kier molecular flexibility index (Phi) is 5.67. The number of piperidine rings is 1. The Labute approximate surface area is 176 Å². The average molecular weight is 409 g/mol. The normalized spacial score (nSPS) is 14.9. The van der Waals surface area contributed by atoms with Crippen molar-refractivity contribution in [2.45, 2.75) is 33.2 Å². The van der Waals surface area contributed by atoms with Gasteiger partial charge in [0, 0.05) is 36.2 Å². The fourth-order valence-corrected chi connectivity index (χ4v) is 3.88. The number of benzene rings is 1. The van der Waals surface area contributed by atoms with E-state index in [0.717, 1.165) is 41.3 Å². The molecule has 3 aromatic rings. The summed E-state index contributed by atoms with van der Waals surface area (Å²) in [5.41, 5.74) is 3.06. The van der Waals surface area contributed by atoms with Gasteiger partial charge in [0.2, 0.25) is 0 Å². The lowest BCUT2D eigenvalue weighted by atomic mass is 9.99. The summed E-state index contributed by atoms with van der Waals surface area (Å²) in [5, 5.41) is 4.46. The molecular formula is C23H25ClN4O. The number of fused-ring (bicyclic) bond motifs is 1. The first kappa shape index (κ1) is 19.6. The third-order valence-corrected chi connectivity index (χ3v) is 5.82. The summed E-state index contributed by atoms with van der Waals surface area (Å²) >= 11 is 6.07. The molecule has 0 radical (unpaired) electrons. The summed E-state index contributed by atoms with van der Waals surface area (Å²) in [6.07, 6.45) is 4.27. The molecule has 0 spiro atoms. The zero-order valence-electron chi connectivity index (χ0n) is 16.8. The Hall–Kier alpha value is -2.66. The van der Waals surface area contributed by atoms with Crippen LogP contribution in [0.3, 0.4) is 0 Å². The van der Waals surface area contributed by atoms with E-state index in [-0.39, 0.29) is 5.91 Å². The van der Waals surface area contributed by atoms with Crippen molar-refractivity contribution >= 4 is 34.2 Å². The first-order valence-corrected chi connectivity index (χ1v) is 10.4. The minimum Gasteiger partial charge on any atom is -0.357 e. The maximum atomic E-state index is 12.7. The van der Waals surface area contributed by atoms with Crippen molar-refractivity contribution < 1.29 is 4.79 Å². The summed E-state index contributed by atoms with van der Waals surface area (Å²) in [5.74, 6) is 1.66. The second-order valence-corrected chi connectivity index (χ2v) is 8.27. The average Bonchev–Trinajstić information content (AvgIpc) is 2.73. The summed E-state index contributed by atoms with van der Waals surface area (Å²) in [7, 11) is 0. The molecule has 6 heteroatoms. The molecule has 3 heterocycles. The Morgan fingerprint density at radius 3 is 2.72 bits per heavy atom. The molecule has 0 saturated carbocycles. The van der Waals surface area contributed by atoms with Crippen LogP contribution in [0.15, 0.2) is 42.6 Å². The lowest BCUT2D eigenvalue weighted by Gasteiger charge is -2.31. The number of nitrogens with one attached hydrogen (secondary N) is 1. The fraction of sp³-hybridized carbons (Fsp3) is 0.348. The zero-order valence-corrected chi connectivity index (χ0v) is 17.5.